The lowest BCUT2D eigenvalue weighted by Gasteiger charge is -2.39. The van der Waals surface area contributed by atoms with E-state index >= 15 is 0 Å². The van der Waals surface area contributed by atoms with Crippen molar-refractivity contribution in [3.05, 3.63) is 34.2 Å². The topological polar surface area (TPSA) is 113 Å². The van der Waals surface area contributed by atoms with E-state index in [0.717, 1.165) is 43.2 Å². The molecule has 7 nitrogen and oxygen atoms in total. The van der Waals surface area contributed by atoms with E-state index < -0.39 is 11.9 Å². The number of hydrogen-bond acceptors (Lipinski definition) is 4. The molecule has 0 aliphatic heterocycles. The minimum Gasteiger partial charge on any atom is -0.368 e. The summed E-state index contributed by atoms with van der Waals surface area (Å²) in [5.74, 6) is 0.0960. The van der Waals surface area contributed by atoms with E-state index in [-0.39, 0.29) is 18.5 Å². The van der Waals surface area contributed by atoms with Crippen LogP contribution < -0.4 is 17.2 Å². The number of imidazole rings is 1. The summed E-state index contributed by atoms with van der Waals surface area (Å²) < 4.78 is 3.08. The number of rotatable bonds is 11. The maximum Gasteiger partial charge on any atom is 0.329 e. The SMILES string of the molecule is CCC1(CCN)CCC(CCc2cccc3c2n(C)c(=O)n3C(CCC=O)C(N)=O)CC1. The number of aromatic nitrogens is 2. The molecule has 176 valence electrons. The molecule has 4 N–H and O–H groups in total. The molecule has 32 heavy (non-hydrogen) atoms. The normalized spacial score (nSPS) is 22.2. The molecule has 1 unspecified atom stereocenters. The second-order valence-electron chi connectivity index (χ2n) is 9.53. The van der Waals surface area contributed by atoms with E-state index in [1.165, 1.54) is 36.7 Å². The number of carbonyl (C=O) groups excluding carboxylic acids is 2. The predicted octanol–water partition coefficient (Wildman–Crippen LogP) is 3.21. The number of nitrogens with two attached hydrogens (primary N) is 2. The molecule has 7 heteroatoms. The van der Waals surface area contributed by atoms with Crippen molar-refractivity contribution in [1.29, 1.82) is 0 Å². The molecule has 1 fully saturated rings. The lowest BCUT2D eigenvalue weighted by Crippen LogP contribution is -2.34. The van der Waals surface area contributed by atoms with E-state index in [4.69, 9.17) is 11.5 Å². The third-order valence-electron chi connectivity index (χ3n) is 7.80. The van der Waals surface area contributed by atoms with Crippen molar-refractivity contribution in [2.24, 2.45) is 29.8 Å². The second-order valence-corrected chi connectivity index (χ2v) is 9.53. The molecule has 1 amide bonds. The number of aryl methyl sites for hydroxylation is 2. The number of primary amides is 1. The van der Waals surface area contributed by atoms with Crippen molar-refractivity contribution in [3.8, 4) is 0 Å². The molecule has 1 aromatic heterocycles. The summed E-state index contributed by atoms with van der Waals surface area (Å²) in [6.45, 7) is 3.06. The van der Waals surface area contributed by atoms with Crippen LogP contribution in [0.3, 0.4) is 0 Å². The van der Waals surface area contributed by atoms with Gasteiger partial charge in [0.2, 0.25) is 5.91 Å². The van der Waals surface area contributed by atoms with Crippen LogP contribution >= 0.6 is 0 Å². The first-order valence-corrected chi connectivity index (χ1v) is 12.0. The molecule has 1 heterocycles. The fourth-order valence-electron chi connectivity index (χ4n) is 5.67. The number of para-hydroxylation sites is 1. The van der Waals surface area contributed by atoms with Crippen molar-refractivity contribution in [2.45, 2.75) is 77.2 Å². The number of amides is 1. The molecule has 1 aromatic carbocycles. The van der Waals surface area contributed by atoms with E-state index in [2.05, 4.69) is 13.0 Å². The molecule has 0 saturated heterocycles. The third-order valence-corrected chi connectivity index (χ3v) is 7.80. The summed E-state index contributed by atoms with van der Waals surface area (Å²) in [6.07, 6.45) is 10.4. The average molecular weight is 443 g/mol. The van der Waals surface area contributed by atoms with Crippen LogP contribution in [0, 0.1) is 11.3 Å². The Labute approximate surface area is 190 Å². The fourth-order valence-corrected chi connectivity index (χ4v) is 5.67. The quantitative estimate of drug-likeness (QED) is 0.520. The maximum atomic E-state index is 13.0. The van der Waals surface area contributed by atoms with Crippen LogP contribution in [0.5, 0.6) is 0 Å². The van der Waals surface area contributed by atoms with Gasteiger partial charge >= 0.3 is 5.69 Å². The third kappa shape index (κ3) is 4.82. The standard InChI is InChI=1S/C25H38N4O3/c1-3-25(15-16-26)13-11-18(12-14-25)9-10-19-6-4-7-20-22(19)28(2)24(32)29(20)21(23(27)31)8-5-17-30/h4,6-7,17-18,21H,3,5,8-16,26H2,1-2H3,(H2,27,31). The van der Waals surface area contributed by atoms with Gasteiger partial charge in [0.25, 0.3) is 0 Å². The van der Waals surface area contributed by atoms with Crippen molar-refractivity contribution >= 4 is 23.2 Å². The summed E-state index contributed by atoms with van der Waals surface area (Å²) in [7, 11) is 1.74. The molecular weight excluding hydrogens is 404 g/mol. The van der Waals surface area contributed by atoms with Crippen LogP contribution in [0.4, 0.5) is 0 Å². The number of aldehydes is 1. The van der Waals surface area contributed by atoms with Gasteiger partial charge in [-0.15, -0.1) is 0 Å². The van der Waals surface area contributed by atoms with Gasteiger partial charge < -0.3 is 16.3 Å². The highest BCUT2D eigenvalue weighted by molar-refractivity contribution is 5.84. The van der Waals surface area contributed by atoms with Crippen LogP contribution in [0.25, 0.3) is 11.0 Å². The van der Waals surface area contributed by atoms with Crippen LogP contribution in [-0.4, -0.2) is 27.9 Å². The van der Waals surface area contributed by atoms with Gasteiger partial charge in [0.1, 0.15) is 12.3 Å². The predicted molar refractivity (Wildman–Crippen MR) is 127 cm³/mol. The minimum absolute atomic E-state index is 0.182. The number of fused-ring (bicyclic) bond motifs is 1. The molecular formula is C25H38N4O3. The first-order valence-electron chi connectivity index (χ1n) is 12.0. The van der Waals surface area contributed by atoms with Gasteiger partial charge in [-0.25, -0.2) is 4.79 Å². The van der Waals surface area contributed by atoms with Gasteiger partial charge in [0.05, 0.1) is 11.0 Å². The first kappa shape index (κ1) is 24.2. The zero-order valence-corrected chi connectivity index (χ0v) is 19.5. The van der Waals surface area contributed by atoms with Gasteiger partial charge in [-0.05, 0) is 80.9 Å². The highest BCUT2D eigenvalue weighted by Crippen LogP contribution is 2.45. The summed E-state index contributed by atoms with van der Waals surface area (Å²) in [4.78, 5) is 36.0. The Bertz CT molecular complexity index is 999. The number of carbonyl (C=O) groups is 2. The van der Waals surface area contributed by atoms with Gasteiger partial charge in [-0.3, -0.25) is 13.9 Å². The Morgan fingerprint density at radius 1 is 1.31 bits per heavy atom. The van der Waals surface area contributed by atoms with Crippen molar-refractivity contribution in [1.82, 2.24) is 9.13 Å². The van der Waals surface area contributed by atoms with Crippen LogP contribution in [0.15, 0.2) is 23.0 Å². The Kier molecular flexibility index (Phi) is 7.93. The molecule has 0 radical (unpaired) electrons. The lowest BCUT2D eigenvalue weighted by atomic mass is 9.66. The molecule has 0 spiro atoms. The van der Waals surface area contributed by atoms with Gasteiger partial charge in [-0.1, -0.05) is 25.5 Å². The molecule has 2 aromatic rings. The summed E-state index contributed by atoms with van der Waals surface area (Å²) in [5.41, 5.74) is 14.3. The highest BCUT2D eigenvalue weighted by Gasteiger charge is 2.33. The molecule has 3 rings (SSSR count). The van der Waals surface area contributed by atoms with Crippen molar-refractivity contribution < 1.29 is 9.59 Å². The maximum absolute atomic E-state index is 13.0. The largest absolute Gasteiger partial charge is 0.368 e. The fraction of sp³-hybridized carbons (Fsp3) is 0.640. The molecule has 1 aliphatic carbocycles. The lowest BCUT2D eigenvalue weighted by molar-refractivity contribution is -0.121. The second kappa shape index (κ2) is 10.5. The zero-order valence-electron chi connectivity index (χ0n) is 19.5. The van der Waals surface area contributed by atoms with E-state index in [0.29, 0.717) is 16.8 Å². The molecule has 1 saturated carbocycles. The van der Waals surface area contributed by atoms with Crippen LogP contribution in [0.2, 0.25) is 0 Å². The van der Waals surface area contributed by atoms with E-state index in [9.17, 15) is 14.4 Å². The van der Waals surface area contributed by atoms with Gasteiger partial charge in [0.15, 0.2) is 0 Å². The summed E-state index contributed by atoms with van der Waals surface area (Å²) in [5, 5.41) is 0. The zero-order chi connectivity index (χ0) is 23.3. The van der Waals surface area contributed by atoms with E-state index in [1.807, 2.05) is 12.1 Å². The molecule has 0 bridgehead atoms. The Morgan fingerprint density at radius 2 is 2.03 bits per heavy atom. The monoisotopic (exact) mass is 442 g/mol. The van der Waals surface area contributed by atoms with E-state index in [1.54, 1.807) is 11.6 Å². The Morgan fingerprint density at radius 3 is 2.62 bits per heavy atom. The minimum atomic E-state index is -0.824. The average Bonchev–Trinajstić information content (AvgIpc) is 3.04. The van der Waals surface area contributed by atoms with Crippen molar-refractivity contribution in [2.75, 3.05) is 6.54 Å². The Balaban J connectivity index is 1.81. The number of benzene rings is 1. The Hall–Kier alpha value is -2.41. The first-order chi connectivity index (χ1) is 15.4. The number of nitrogens with zero attached hydrogens (tertiary/aromatic N) is 2. The van der Waals surface area contributed by atoms with Gasteiger partial charge in [-0.2, -0.15) is 0 Å². The summed E-state index contributed by atoms with van der Waals surface area (Å²) in [6, 6.07) is 5.05. The van der Waals surface area contributed by atoms with Gasteiger partial charge in [0, 0.05) is 13.5 Å². The molecule has 1 atom stereocenters. The smallest absolute Gasteiger partial charge is 0.329 e. The highest BCUT2D eigenvalue weighted by atomic mass is 16.2. The number of hydrogen-bond donors (Lipinski definition) is 2. The van der Waals surface area contributed by atoms with Crippen molar-refractivity contribution in [3.63, 3.8) is 0 Å². The van der Waals surface area contributed by atoms with Crippen LogP contribution in [-0.2, 0) is 23.1 Å². The summed E-state index contributed by atoms with van der Waals surface area (Å²) >= 11 is 0. The molecule has 1 aliphatic rings. The van der Waals surface area contributed by atoms with Crippen LogP contribution in [0.1, 0.15) is 76.3 Å².